The van der Waals surface area contributed by atoms with Crippen molar-refractivity contribution in [2.45, 2.75) is 19.8 Å². The number of unbranched alkanes of at least 4 members (excludes halogenated alkanes) is 1. The van der Waals surface area contributed by atoms with Gasteiger partial charge in [0.2, 0.25) is 0 Å². The molecule has 8 heteroatoms. The van der Waals surface area contributed by atoms with E-state index in [9.17, 15) is 14.9 Å². The van der Waals surface area contributed by atoms with E-state index in [1.54, 1.807) is 36.4 Å². The predicted molar refractivity (Wildman–Crippen MR) is 92.9 cm³/mol. The summed E-state index contributed by atoms with van der Waals surface area (Å²) in [5, 5.41) is 15.0. The largest absolute Gasteiger partial charge is 0.383 e. The minimum Gasteiger partial charge on any atom is -0.383 e. The van der Waals surface area contributed by atoms with Crippen molar-refractivity contribution in [3.8, 4) is 5.69 Å². The molecule has 1 amide bonds. The lowest BCUT2D eigenvalue weighted by Gasteiger charge is -2.21. The number of hydrogen-bond donors (Lipinski definition) is 0. The first kappa shape index (κ1) is 18.6. The van der Waals surface area contributed by atoms with Crippen LogP contribution in [0.15, 0.2) is 36.5 Å². The van der Waals surface area contributed by atoms with Crippen LogP contribution in [0.5, 0.6) is 0 Å². The SMILES string of the molecule is CCCCN(CCOC)C(=O)c1ccn(-c2ccc([N+](=O)[O-])cc2)n1. The summed E-state index contributed by atoms with van der Waals surface area (Å²) in [5.41, 5.74) is 1.00. The van der Waals surface area contributed by atoms with Gasteiger partial charge in [-0.25, -0.2) is 4.68 Å². The summed E-state index contributed by atoms with van der Waals surface area (Å²) < 4.78 is 6.60. The summed E-state index contributed by atoms with van der Waals surface area (Å²) >= 11 is 0. The molecule has 1 heterocycles. The van der Waals surface area contributed by atoms with Crippen LogP contribution in [-0.2, 0) is 4.74 Å². The second-order valence-electron chi connectivity index (χ2n) is 5.56. The standard InChI is InChI=1S/C17H22N4O4/c1-3-4-10-19(12-13-25-2)17(22)16-9-11-20(18-16)14-5-7-15(8-6-14)21(23)24/h5-9,11H,3-4,10,12-13H2,1-2H3. The van der Waals surface area contributed by atoms with Crippen molar-refractivity contribution in [2.24, 2.45) is 0 Å². The van der Waals surface area contributed by atoms with Crippen molar-refractivity contribution < 1.29 is 14.5 Å². The number of ether oxygens (including phenoxy) is 1. The Balaban J connectivity index is 2.14. The lowest BCUT2D eigenvalue weighted by Crippen LogP contribution is -2.35. The Morgan fingerprint density at radius 3 is 2.60 bits per heavy atom. The van der Waals surface area contributed by atoms with Gasteiger partial charge in [-0.3, -0.25) is 14.9 Å². The molecule has 0 spiro atoms. The maximum Gasteiger partial charge on any atom is 0.274 e. The molecule has 0 radical (unpaired) electrons. The second-order valence-corrected chi connectivity index (χ2v) is 5.56. The zero-order valence-electron chi connectivity index (χ0n) is 14.4. The minimum absolute atomic E-state index is 0.0116. The molecule has 1 aromatic heterocycles. The number of rotatable bonds is 9. The first-order valence-corrected chi connectivity index (χ1v) is 8.15. The Labute approximate surface area is 146 Å². The fourth-order valence-corrected chi connectivity index (χ4v) is 2.34. The van der Waals surface area contributed by atoms with E-state index in [1.165, 1.54) is 16.8 Å². The molecule has 0 N–H and O–H groups in total. The monoisotopic (exact) mass is 346 g/mol. The van der Waals surface area contributed by atoms with Crippen LogP contribution in [0.25, 0.3) is 5.69 Å². The molecule has 25 heavy (non-hydrogen) atoms. The molecule has 0 unspecified atom stereocenters. The Hall–Kier alpha value is -2.74. The molecule has 8 nitrogen and oxygen atoms in total. The number of nitro benzene ring substituents is 1. The normalized spacial score (nSPS) is 10.6. The molecule has 0 saturated heterocycles. The van der Waals surface area contributed by atoms with Crippen LogP contribution in [0.4, 0.5) is 5.69 Å². The average molecular weight is 346 g/mol. The zero-order valence-corrected chi connectivity index (χ0v) is 14.4. The highest BCUT2D eigenvalue weighted by molar-refractivity contribution is 5.92. The number of aromatic nitrogens is 2. The number of methoxy groups -OCH3 is 1. The Bertz CT molecular complexity index is 704. The topological polar surface area (TPSA) is 90.5 Å². The van der Waals surface area contributed by atoms with E-state index < -0.39 is 4.92 Å². The maximum absolute atomic E-state index is 12.6. The highest BCUT2D eigenvalue weighted by Gasteiger charge is 2.18. The maximum atomic E-state index is 12.6. The number of hydrogen-bond acceptors (Lipinski definition) is 5. The third-order valence-electron chi connectivity index (χ3n) is 3.77. The number of benzene rings is 1. The summed E-state index contributed by atoms with van der Waals surface area (Å²) in [5.74, 6) is -0.147. The van der Waals surface area contributed by atoms with Crippen LogP contribution in [0.1, 0.15) is 30.3 Å². The fraction of sp³-hybridized carbons (Fsp3) is 0.412. The van der Waals surface area contributed by atoms with Gasteiger partial charge in [-0.2, -0.15) is 5.10 Å². The summed E-state index contributed by atoms with van der Waals surface area (Å²) in [6, 6.07) is 7.66. The highest BCUT2D eigenvalue weighted by Crippen LogP contribution is 2.15. The third-order valence-corrected chi connectivity index (χ3v) is 3.77. The van der Waals surface area contributed by atoms with Gasteiger partial charge in [0, 0.05) is 38.5 Å². The molecule has 2 aromatic rings. The molecular formula is C17H22N4O4. The fourth-order valence-electron chi connectivity index (χ4n) is 2.34. The van der Waals surface area contributed by atoms with E-state index in [2.05, 4.69) is 12.0 Å². The van der Waals surface area contributed by atoms with Gasteiger partial charge < -0.3 is 9.64 Å². The van der Waals surface area contributed by atoms with E-state index >= 15 is 0 Å². The Morgan fingerprint density at radius 1 is 1.28 bits per heavy atom. The van der Waals surface area contributed by atoms with E-state index in [4.69, 9.17) is 4.74 Å². The molecular weight excluding hydrogens is 324 g/mol. The van der Waals surface area contributed by atoms with E-state index in [-0.39, 0.29) is 11.6 Å². The summed E-state index contributed by atoms with van der Waals surface area (Å²) in [4.78, 5) is 24.6. The van der Waals surface area contributed by atoms with Crippen molar-refractivity contribution in [3.05, 3.63) is 52.3 Å². The predicted octanol–water partition coefficient (Wildman–Crippen LogP) is 2.67. The summed E-state index contributed by atoms with van der Waals surface area (Å²) in [6.07, 6.45) is 3.58. The van der Waals surface area contributed by atoms with Crippen LogP contribution in [-0.4, -0.2) is 52.3 Å². The zero-order chi connectivity index (χ0) is 18.2. The number of carbonyl (C=O) groups is 1. The lowest BCUT2D eigenvalue weighted by molar-refractivity contribution is -0.384. The molecule has 0 fully saturated rings. The van der Waals surface area contributed by atoms with Crippen molar-refractivity contribution >= 4 is 11.6 Å². The molecule has 0 bridgehead atoms. The molecule has 2 rings (SSSR count). The minimum atomic E-state index is -0.455. The van der Waals surface area contributed by atoms with Crippen LogP contribution in [0.2, 0.25) is 0 Å². The third kappa shape index (κ3) is 4.87. The van der Waals surface area contributed by atoms with Crippen LogP contribution in [0.3, 0.4) is 0 Å². The number of carbonyl (C=O) groups excluding carboxylic acids is 1. The van der Waals surface area contributed by atoms with E-state index in [1.807, 2.05) is 0 Å². The molecule has 134 valence electrons. The first-order valence-electron chi connectivity index (χ1n) is 8.15. The quantitative estimate of drug-likeness (QED) is 0.514. The smallest absolute Gasteiger partial charge is 0.274 e. The highest BCUT2D eigenvalue weighted by atomic mass is 16.6. The molecule has 0 aliphatic carbocycles. The van der Waals surface area contributed by atoms with Crippen molar-refractivity contribution in [3.63, 3.8) is 0 Å². The van der Waals surface area contributed by atoms with Crippen LogP contribution < -0.4 is 0 Å². The van der Waals surface area contributed by atoms with Gasteiger partial charge in [0.1, 0.15) is 0 Å². The van der Waals surface area contributed by atoms with Gasteiger partial charge in [-0.15, -0.1) is 0 Å². The number of nitro groups is 1. The summed E-state index contributed by atoms with van der Waals surface area (Å²) in [7, 11) is 1.60. The van der Waals surface area contributed by atoms with Crippen molar-refractivity contribution in [1.29, 1.82) is 0 Å². The number of amides is 1. The van der Waals surface area contributed by atoms with Crippen LogP contribution >= 0.6 is 0 Å². The molecule has 0 atom stereocenters. The number of nitrogens with zero attached hydrogens (tertiary/aromatic N) is 4. The van der Waals surface area contributed by atoms with Gasteiger partial charge in [-0.05, 0) is 24.6 Å². The lowest BCUT2D eigenvalue weighted by atomic mass is 10.3. The molecule has 0 aliphatic rings. The second kappa shape index (κ2) is 8.93. The van der Waals surface area contributed by atoms with Gasteiger partial charge >= 0.3 is 0 Å². The van der Waals surface area contributed by atoms with Crippen molar-refractivity contribution in [1.82, 2.24) is 14.7 Å². The van der Waals surface area contributed by atoms with E-state index in [0.717, 1.165) is 12.8 Å². The van der Waals surface area contributed by atoms with Gasteiger partial charge in [0.25, 0.3) is 11.6 Å². The van der Waals surface area contributed by atoms with Crippen molar-refractivity contribution in [2.75, 3.05) is 26.8 Å². The molecule has 0 saturated carbocycles. The van der Waals surface area contributed by atoms with Gasteiger partial charge in [0.05, 0.1) is 17.2 Å². The van der Waals surface area contributed by atoms with Gasteiger partial charge in [-0.1, -0.05) is 13.3 Å². The van der Waals surface area contributed by atoms with E-state index in [0.29, 0.717) is 31.1 Å². The molecule has 1 aromatic carbocycles. The average Bonchev–Trinajstić information content (AvgIpc) is 3.11. The molecule has 0 aliphatic heterocycles. The number of non-ortho nitro benzene ring substituents is 1. The van der Waals surface area contributed by atoms with Crippen LogP contribution in [0, 0.1) is 10.1 Å². The van der Waals surface area contributed by atoms with Gasteiger partial charge in [0.15, 0.2) is 5.69 Å². The summed E-state index contributed by atoms with van der Waals surface area (Å²) in [6.45, 7) is 3.71. The Morgan fingerprint density at radius 2 is 2.00 bits per heavy atom. The first-order chi connectivity index (χ1) is 12.1. The Kier molecular flexibility index (Phi) is 6.64.